The molecule has 1 saturated carbocycles. The van der Waals surface area contributed by atoms with Crippen LogP contribution < -0.4 is 5.73 Å². The van der Waals surface area contributed by atoms with Gasteiger partial charge in [0.2, 0.25) is 0 Å². The van der Waals surface area contributed by atoms with E-state index in [4.69, 9.17) is 5.73 Å². The van der Waals surface area contributed by atoms with Gasteiger partial charge in [-0.1, -0.05) is 25.1 Å². The van der Waals surface area contributed by atoms with Gasteiger partial charge in [0.1, 0.15) is 5.82 Å². The third kappa shape index (κ3) is 2.05. The minimum absolute atomic E-state index is 0.158. The fourth-order valence-electron chi connectivity index (χ4n) is 2.41. The summed E-state index contributed by atoms with van der Waals surface area (Å²) < 4.78 is 13.6. The topological polar surface area (TPSA) is 26.0 Å². The van der Waals surface area contributed by atoms with Crippen LogP contribution in [0, 0.1) is 11.7 Å². The van der Waals surface area contributed by atoms with Crippen molar-refractivity contribution in [2.45, 2.75) is 38.1 Å². The molecule has 0 saturated heterocycles. The molecule has 0 amide bonds. The summed E-state index contributed by atoms with van der Waals surface area (Å²) >= 11 is 0. The van der Waals surface area contributed by atoms with Crippen LogP contribution in [0.3, 0.4) is 0 Å². The second kappa shape index (κ2) is 3.93. The van der Waals surface area contributed by atoms with E-state index in [2.05, 4.69) is 6.92 Å². The summed E-state index contributed by atoms with van der Waals surface area (Å²) in [6, 6.07) is 6.91. The smallest absolute Gasteiger partial charge is 0.128 e. The molecule has 0 heterocycles. The van der Waals surface area contributed by atoms with E-state index in [-0.39, 0.29) is 5.82 Å². The molecule has 0 bridgehead atoms. The van der Waals surface area contributed by atoms with Gasteiger partial charge in [0.25, 0.3) is 0 Å². The van der Waals surface area contributed by atoms with Crippen molar-refractivity contribution in [3.8, 4) is 0 Å². The lowest BCUT2D eigenvalue weighted by Crippen LogP contribution is -2.40. The lowest BCUT2D eigenvalue weighted by molar-refractivity contribution is 0.242. The van der Waals surface area contributed by atoms with Crippen LogP contribution in [-0.2, 0) is 5.54 Å². The minimum atomic E-state index is -0.433. The van der Waals surface area contributed by atoms with Gasteiger partial charge in [-0.3, -0.25) is 0 Å². The third-order valence-corrected chi connectivity index (χ3v) is 3.58. The van der Waals surface area contributed by atoms with Crippen LogP contribution in [-0.4, -0.2) is 0 Å². The predicted molar refractivity (Wildman–Crippen MR) is 59.9 cm³/mol. The number of halogens is 1. The first kappa shape index (κ1) is 10.6. The Morgan fingerprint density at radius 3 is 2.47 bits per heavy atom. The molecule has 0 spiro atoms. The quantitative estimate of drug-likeness (QED) is 0.752. The van der Waals surface area contributed by atoms with Gasteiger partial charge in [0.15, 0.2) is 0 Å². The Kier molecular flexibility index (Phi) is 2.79. The second-order valence-corrected chi connectivity index (χ2v) is 4.82. The molecule has 2 rings (SSSR count). The maximum atomic E-state index is 13.6. The maximum absolute atomic E-state index is 13.6. The summed E-state index contributed by atoms with van der Waals surface area (Å²) in [6.07, 6.45) is 4.00. The molecule has 1 aliphatic carbocycles. The molecule has 82 valence electrons. The predicted octanol–water partition coefficient (Wildman–Crippen LogP) is 3.19. The van der Waals surface area contributed by atoms with Gasteiger partial charge in [0.05, 0.1) is 0 Å². The van der Waals surface area contributed by atoms with Crippen LogP contribution in [0.2, 0.25) is 0 Å². The van der Waals surface area contributed by atoms with Crippen molar-refractivity contribution in [3.63, 3.8) is 0 Å². The third-order valence-electron chi connectivity index (χ3n) is 3.58. The van der Waals surface area contributed by atoms with E-state index in [0.29, 0.717) is 5.56 Å². The Bertz CT molecular complexity index is 340. The van der Waals surface area contributed by atoms with Gasteiger partial charge in [-0.15, -0.1) is 0 Å². The number of rotatable bonds is 1. The molecule has 0 aromatic heterocycles. The lowest BCUT2D eigenvalue weighted by atomic mass is 9.74. The van der Waals surface area contributed by atoms with Gasteiger partial charge < -0.3 is 5.73 Å². The van der Waals surface area contributed by atoms with Crippen molar-refractivity contribution >= 4 is 0 Å². The van der Waals surface area contributed by atoms with Crippen molar-refractivity contribution in [3.05, 3.63) is 35.6 Å². The van der Waals surface area contributed by atoms with Gasteiger partial charge in [-0.05, 0) is 37.7 Å². The molecule has 1 aliphatic rings. The van der Waals surface area contributed by atoms with Crippen molar-refractivity contribution in [2.24, 2.45) is 11.7 Å². The molecule has 0 atom stereocenters. The highest BCUT2D eigenvalue weighted by molar-refractivity contribution is 5.26. The first-order chi connectivity index (χ1) is 7.12. The van der Waals surface area contributed by atoms with Crippen LogP contribution in [0.4, 0.5) is 4.39 Å². The summed E-state index contributed by atoms with van der Waals surface area (Å²) in [5, 5.41) is 0. The first-order valence-corrected chi connectivity index (χ1v) is 5.66. The van der Waals surface area contributed by atoms with E-state index >= 15 is 0 Å². The lowest BCUT2D eigenvalue weighted by Gasteiger charge is -2.36. The molecule has 0 unspecified atom stereocenters. The molecule has 1 nitrogen and oxygen atoms in total. The molecule has 2 heteroatoms. The Labute approximate surface area is 90.5 Å². The van der Waals surface area contributed by atoms with E-state index in [9.17, 15) is 4.39 Å². The van der Waals surface area contributed by atoms with E-state index in [1.807, 2.05) is 12.1 Å². The molecule has 0 aliphatic heterocycles. The van der Waals surface area contributed by atoms with E-state index < -0.39 is 5.54 Å². The van der Waals surface area contributed by atoms with Gasteiger partial charge in [0, 0.05) is 11.1 Å². The van der Waals surface area contributed by atoms with E-state index in [1.54, 1.807) is 6.07 Å². The molecule has 15 heavy (non-hydrogen) atoms. The van der Waals surface area contributed by atoms with E-state index in [1.165, 1.54) is 6.07 Å². The molecular formula is C13H18FN. The summed E-state index contributed by atoms with van der Waals surface area (Å²) in [5.74, 6) is 0.572. The maximum Gasteiger partial charge on any atom is 0.128 e. The summed E-state index contributed by atoms with van der Waals surface area (Å²) in [5.41, 5.74) is 6.56. The molecule has 0 radical (unpaired) electrons. The monoisotopic (exact) mass is 207 g/mol. The van der Waals surface area contributed by atoms with Crippen molar-refractivity contribution < 1.29 is 4.39 Å². The average molecular weight is 207 g/mol. The molecule has 1 aromatic carbocycles. The SMILES string of the molecule is CC1CCC(N)(c2ccccc2F)CC1. The summed E-state index contributed by atoms with van der Waals surface area (Å²) in [6.45, 7) is 2.24. The van der Waals surface area contributed by atoms with E-state index in [0.717, 1.165) is 31.6 Å². The fourth-order valence-corrected chi connectivity index (χ4v) is 2.41. The van der Waals surface area contributed by atoms with Gasteiger partial charge >= 0.3 is 0 Å². The number of hydrogen-bond donors (Lipinski definition) is 1. The highest BCUT2D eigenvalue weighted by atomic mass is 19.1. The number of benzene rings is 1. The Morgan fingerprint density at radius 1 is 1.27 bits per heavy atom. The largest absolute Gasteiger partial charge is 0.321 e. The normalized spacial score (nSPS) is 31.5. The zero-order chi connectivity index (χ0) is 10.9. The number of nitrogens with two attached hydrogens (primary N) is 1. The van der Waals surface area contributed by atoms with Crippen LogP contribution in [0.15, 0.2) is 24.3 Å². The Morgan fingerprint density at radius 2 is 1.87 bits per heavy atom. The molecular weight excluding hydrogens is 189 g/mol. The highest BCUT2D eigenvalue weighted by Crippen LogP contribution is 2.38. The van der Waals surface area contributed by atoms with Crippen molar-refractivity contribution in [2.75, 3.05) is 0 Å². The standard InChI is InChI=1S/C13H18FN/c1-10-6-8-13(15,9-7-10)11-4-2-3-5-12(11)14/h2-5,10H,6-9,15H2,1H3. The molecule has 2 N–H and O–H groups in total. The Hall–Kier alpha value is -0.890. The van der Waals surface area contributed by atoms with Crippen LogP contribution in [0.1, 0.15) is 38.2 Å². The second-order valence-electron chi connectivity index (χ2n) is 4.82. The number of hydrogen-bond acceptors (Lipinski definition) is 1. The average Bonchev–Trinajstić information content (AvgIpc) is 2.23. The molecule has 1 fully saturated rings. The fraction of sp³-hybridized carbons (Fsp3) is 0.538. The summed E-state index contributed by atoms with van der Waals surface area (Å²) in [7, 11) is 0. The van der Waals surface area contributed by atoms with Gasteiger partial charge in [-0.2, -0.15) is 0 Å². The molecule has 1 aromatic rings. The van der Waals surface area contributed by atoms with Crippen LogP contribution >= 0.6 is 0 Å². The zero-order valence-electron chi connectivity index (χ0n) is 9.17. The zero-order valence-corrected chi connectivity index (χ0v) is 9.17. The van der Waals surface area contributed by atoms with Crippen LogP contribution in [0.5, 0.6) is 0 Å². The van der Waals surface area contributed by atoms with Crippen LogP contribution in [0.25, 0.3) is 0 Å². The van der Waals surface area contributed by atoms with Crippen molar-refractivity contribution in [1.29, 1.82) is 0 Å². The first-order valence-electron chi connectivity index (χ1n) is 5.66. The summed E-state index contributed by atoms with van der Waals surface area (Å²) in [4.78, 5) is 0. The minimum Gasteiger partial charge on any atom is -0.321 e. The highest BCUT2D eigenvalue weighted by Gasteiger charge is 2.33. The van der Waals surface area contributed by atoms with Gasteiger partial charge in [-0.25, -0.2) is 4.39 Å². The van der Waals surface area contributed by atoms with Crippen molar-refractivity contribution in [1.82, 2.24) is 0 Å². The Balaban J connectivity index is 2.26.